The lowest BCUT2D eigenvalue weighted by molar-refractivity contribution is 0.492. The summed E-state index contributed by atoms with van der Waals surface area (Å²) in [7, 11) is -3.35. The smallest absolute Gasteiger partial charge is 0.185 e. The fourth-order valence-electron chi connectivity index (χ4n) is 3.71. The van der Waals surface area contributed by atoms with Crippen molar-refractivity contribution in [3.8, 4) is 0 Å². The maximum absolute atomic E-state index is 13.4. The summed E-state index contributed by atoms with van der Waals surface area (Å²) in [6, 6.07) is 6.08. The van der Waals surface area contributed by atoms with Gasteiger partial charge in [-0.2, -0.15) is 0 Å². The molecule has 0 saturated heterocycles. The summed E-state index contributed by atoms with van der Waals surface area (Å²) in [5.41, 5.74) is 3.14. The Bertz CT molecular complexity index is 849. The summed E-state index contributed by atoms with van der Waals surface area (Å²) < 4.78 is 26.8. The van der Waals surface area contributed by atoms with Crippen LogP contribution in [0.1, 0.15) is 59.1 Å². The van der Waals surface area contributed by atoms with Crippen molar-refractivity contribution < 1.29 is 8.42 Å². The summed E-state index contributed by atoms with van der Waals surface area (Å²) in [5, 5.41) is -0.431. The molecule has 3 rings (SSSR count). The Labute approximate surface area is 153 Å². The van der Waals surface area contributed by atoms with E-state index in [-0.39, 0.29) is 16.7 Å². The van der Waals surface area contributed by atoms with Gasteiger partial charge < -0.3 is 0 Å². The number of hydrogen-bond acceptors (Lipinski definition) is 2. The van der Waals surface area contributed by atoms with Gasteiger partial charge in [0.15, 0.2) is 9.84 Å². The average molecular weight is 359 g/mol. The number of fused-ring (bicyclic) bond motifs is 2. The van der Waals surface area contributed by atoms with E-state index in [0.29, 0.717) is 4.90 Å². The zero-order valence-corrected chi connectivity index (χ0v) is 17.1. The number of benzene rings is 1. The van der Waals surface area contributed by atoms with E-state index < -0.39 is 15.1 Å². The minimum atomic E-state index is -3.35. The van der Waals surface area contributed by atoms with Crippen molar-refractivity contribution in [3.05, 3.63) is 53.1 Å². The Morgan fingerprint density at radius 2 is 1.80 bits per heavy atom. The van der Waals surface area contributed by atoms with Gasteiger partial charge in [0, 0.05) is 5.92 Å². The van der Waals surface area contributed by atoms with E-state index in [2.05, 4.69) is 59.8 Å². The standard InChI is InChI=1S/C22H30O2S/c1-7-22(5,6)18-11-9-16-12-15-8-10-17(21(2,3)4)13-19(15)25(23,24)20(16)14-18/h8-11,13-15,19H,7,12H2,1-6H3. The summed E-state index contributed by atoms with van der Waals surface area (Å²) in [4.78, 5) is 0.549. The van der Waals surface area contributed by atoms with Gasteiger partial charge in [0.1, 0.15) is 0 Å². The molecule has 0 aromatic heterocycles. The highest BCUT2D eigenvalue weighted by atomic mass is 32.2. The molecular weight excluding hydrogens is 328 g/mol. The molecule has 0 radical (unpaired) electrons. The van der Waals surface area contributed by atoms with Crippen LogP contribution in [0.5, 0.6) is 0 Å². The fourth-order valence-corrected chi connectivity index (χ4v) is 5.78. The quantitative estimate of drug-likeness (QED) is 0.725. The van der Waals surface area contributed by atoms with E-state index in [1.54, 1.807) is 0 Å². The lowest BCUT2D eigenvalue weighted by atomic mass is 9.79. The van der Waals surface area contributed by atoms with Gasteiger partial charge in [-0.3, -0.25) is 0 Å². The van der Waals surface area contributed by atoms with E-state index in [1.807, 2.05) is 18.2 Å². The molecule has 0 N–H and O–H groups in total. The van der Waals surface area contributed by atoms with E-state index in [4.69, 9.17) is 0 Å². The third-order valence-electron chi connectivity index (χ3n) is 6.01. The lowest BCUT2D eigenvalue weighted by Gasteiger charge is -2.35. The van der Waals surface area contributed by atoms with E-state index >= 15 is 0 Å². The third kappa shape index (κ3) is 3.12. The molecule has 1 aliphatic carbocycles. The van der Waals surface area contributed by atoms with E-state index in [1.165, 1.54) is 0 Å². The Morgan fingerprint density at radius 3 is 2.40 bits per heavy atom. The molecule has 1 heterocycles. The molecule has 2 unspecified atom stereocenters. The van der Waals surface area contributed by atoms with Crippen LogP contribution in [0.4, 0.5) is 0 Å². The Kier molecular flexibility index (Phi) is 4.31. The van der Waals surface area contributed by atoms with Gasteiger partial charge in [0.2, 0.25) is 0 Å². The first kappa shape index (κ1) is 18.4. The molecule has 0 bridgehead atoms. The predicted octanol–water partition coefficient (Wildman–Crippen LogP) is 5.23. The van der Waals surface area contributed by atoms with Crippen LogP contribution in [-0.4, -0.2) is 13.7 Å². The molecule has 0 amide bonds. The van der Waals surface area contributed by atoms with Crippen LogP contribution in [0, 0.1) is 11.3 Å². The van der Waals surface area contributed by atoms with Crippen LogP contribution in [0.3, 0.4) is 0 Å². The zero-order valence-electron chi connectivity index (χ0n) is 16.3. The molecule has 2 aliphatic rings. The highest BCUT2D eigenvalue weighted by Crippen LogP contribution is 2.42. The fraction of sp³-hybridized carbons (Fsp3) is 0.545. The first-order valence-electron chi connectivity index (χ1n) is 9.24. The normalized spacial score (nSPS) is 25.1. The summed E-state index contributed by atoms with van der Waals surface area (Å²) in [6.07, 6.45) is 8.01. The van der Waals surface area contributed by atoms with Gasteiger partial charge in [-0.1, -0.05) is 71.9 Å². The Morgan fingerprint density at radius 1 is 1.12 bits per heavy atom. The molecule has 1 aromatic carbocycles. The molecule has 136 valence electrons. The topological polar surface area (TPSA) is 34.1 Å². The van der Waals surface area contributed by atoms with E-state index in [9.17, 15) is 8.42 Å². The second-order valence-corrected chi connectivity index (χ2v) is 11.2. The maximum Gasteiger partial charge on any atom is 0.185 e. The summed E-state index contributed by atoms with van der Waals surface area (Å²) >= 11 is 0. The highest BCUT2D eigenvalue weighted by molar-refractivity contribution is 7.92. The molecular formula is C22H30O2S. The molecule has 0 saturated carbocycles. The van der Waals surface area contributed by atoms with Crippen LogP contribution < -0.4 is 0 Å². The molecule has 2 atom stereocenters. The largest absolute Gasteiger partial charge is 0.223 e. The lowest BCUT2D eigenvalue weighted by Crippen LogP contribution is -2.36. The molecule has 0 spiro atoms. The molecule has 25 heavy (non-hydrogen) atoms. The van der Waals surface area contributed by atoms with Gasteiger partial charge in [0.05, 0.1) is 10.1 Å². The molecule has 1 aliphatic heterocycles. The summed E-state index contributed by atoms with van der Waals surface area (Å²) in [6.45, 7) is 12.9. The van der Waals surface area contributed by atoms with Gasteiger partial charge in [-0.15, -0.1) is 0 Å². The van der Waals surface area contributed by atoms with Crippen molar-refractivity contribution in [2.24, 2.45) is 11.3 Å². The minimum Gasteiger partial charge on any atom is -0.223 e. The van der Waals surface area contributed by atoms with E-state index in [0.717, 1.165) is 29.5 Å². The first-order valence-corrected chi connectivity index (χ1v) is 10.8. The first-order chi connectivity index (χ1) is 11.5. The van der Waals surface area contributed by atoms with Gasteiger partial charge >= 0.3 is 0 Å². The highest BCUT2D eigenvalue weighted by Gasteiger charge is 2.41. The summed E-state index contributed by atoms with van der Waals surface area (Å²) in [5.74, 6) is 0.0497. The van der Waals surface area contributed by atoms with Gasteiger partial charge in [0.25, 0.3) is 0 Å². The van der Waals surface area contributed by atoms with Gasteiger partial charge in [-0.25, -0.2) is 8.42 Å². The number of hydrogen-bond donors (Lipinski definition) is 0. The molecule has 2 nitrogen and oxygen atoms in total. The third-order valence-corrected chi connectivity index (χ3v) is 8.20. The SMILES string of the molecule is CCC(C)(C)c1ccc2c(c1)S(=O)(=O)C1C=C(C(C)(C)C)C=CC1C2. The van der Waals surface area contributed by atoms with Crippen molar-refractivity contribution >= 4 is 9.84 Å². The second-order valence-electron chi connectivity index (χ2n) is 9.17. The minimum absolute atomic E-state index is 0.0136. The number of rotatable bonds is 2. The average Bonchev–Trinajstić information content (AvgIpc) is 2.53. The second kappa shape index (κ2) is 5.84. The zero-order chi connectivity index (χ0) is 18.6. The number of sulfone groups is 1. The number of allylic oxidation sites excluding steroid dienone is 3. The van der Waals surface area contributed by atoms with Crippen molar-refractivity contribution in [1.82, 2.24) is 0 Å². The van der Waals surface area contributed by atoms with Gasteiger partial charge in [-0.05, 0) is 46.4 Å². The predicted molar refractivity (Wildman–Crippen MR) is 105 cm³/mol. The van der Waals surface area contributed by atoms with Crippen molar-refractivity contribution in [2.45, 2.75) is 69.9 Å². The molecule has 0 fully saturated rings. The van der Waals surface area contributed by atoms with Crippen molar-refractivity contribution in [2.75, 3.05) is 0 Å². The molecule has 1 aromatic rings. The van der Waals surface area contributed by atoms with Crippen LogP contribution in [0.25, 0.3) is 0 Å². The van der Waals surface area contributed by atoms with Crippen LogP contribution in [-0.2, 0) is 21.7 Å². The maximum atomic E-state index is 13.4. The Hall–Kier alpha value is -1.35. The van der Waals surface area contributed by atoms with Crippen LogP contribution in [0.15, 0.2) is 46.9 Å². The van der Waals surface area contributed by atoms with Crippen molar-refractivity contribution in [1.29, 1.82) is 0 Å². The monoisotopic (exact) mass is 358 g/mol. The van der Waals surface area contributed by atoms with Crippen LogP contribution >= 0.6 is 0 Å². The molecule has 3 heteroatoms. The Balaban J connectivity index is 2.12. The van der Waals surface area contributed by atoms with Crippen LogP contribution in [0.2, 0.25) is 0 Å². The van der Waals surface area contributed by atoms with Crippen molar-refractivity contribution in [3.63, 3.8) is 0 Å².